The Bertz CT molecular complexity index is 2190. The number of rotatable bonds is 8. The summed E-state index contributed by atoms with van der Waals surface area (Å²) in [5.74, 6) is 0. The van der Waals surface area contributed by atoms with Crippen LogP contribution in [0, 0.1) is 0 Å². The molecule has 1 saturated heterocycles. The summed E-state index contributed by atoms with van der Waals surface area (Å²) in [6, 6.07) is 45.2. The van der Waals surface area contributed by atoms with Crippen LogP contribution in [-0.4, -0.2) is 27.6 Å². The van der Waals surface area contributed by atoms with Crippen LogP contribution >= 0.6 is 11.8 Å². The van der Waals surface area contributed by atoms with Crippen LogP contribution in [0.25, 0.3) is 22.0 Å². The van der Waals surface area contributed by atoms with E-state index in [9.17, 15) is 0 Å². The van der Waals surface area contributed by atoms with Gasteiger partial charge in [0.05, 0.1) is 11.6 Å². The smallest absolute Gasteiger partial charge is 0.364 e. The normalized spacial score (nSPS) is 15.2. The van der Waals surface area contributed by atoms with Crippen molar-refractivity contribution in [2.45, 2.75) is 41.9 Å². The topological polar surface area (TPSA) is 34.0 Å². The Labute approximate surface area is 306 Å². The van der Waals surface area contributed by atoms with E-state index in [0.717, 1.165) is 59.1 Å². The molecule has 1 aliphatic heterocycles. The van der Waals surface area contributed by atoms with E-state index in [2.05, 4.69) is 45.5 Å². The van der Waals surface area contributed by atoms with Crippen LogP contribution in [0.4, 0.5) is 18.9 Å². The van der Waals surface area contributed by atoms with Gasteiger partial charge in [-0.1, -0.05) is 109 Å². The minimum Gasteiger partial charge on any atom is -0.364 e. The van der Waals surface area contributed by atoms with Gasteiger partial charge in [0.25, 0.3) is 0 Å². The number of benzene rings is 5. The number of fused-ring (bicyclic) bond motifs is 1. The Balaban J connectivity index is 1.33. The molecule has 0 bridgehead atoms. The SMILES string of the molecule is CSc1ccc(C2CCCCN2c2ccnc3ccc(-c4cn(C(c5ccccc5)(c5ccccc5)c5ccccc5)nc4C(F)(F)F)cc23)cc1. The van der Waals surface area contributed by atoms with E-state index in [1.165, 1.54) is 15.1 Å². The zero-order valence-corrected chi connectivity index (χ0v) is 29.5. The van der Waals surface area contributed by atoms with Crippen LogP contribution in [0.15, 0.2) is 157 Å². The van der Waals surface area contributed by atoms with E-state index >= 15 is 13.2 Å². The van der Waals surface area contributed by atoms with Crippen molar-refractivity contribution in [1.29, 1.82) is 0 Å². The van der Waals surface area contributed by atoms with Crippen molar-refractivity contribution in [2.75, 3.05) is 17.7 Å². The number of nitrogens with zero attached hydrogens (tertiary/aromatic N) is 4. The number of thioether (sulfide) groups is 1. The molecule has 0 radical (unpaired) electrons. The lowest BCUT2D eigenvalue weighted by atomic mass is 9.77. The lowest BCUT2D eigenvalue weighted by Gasteiger charge is -2.38. The molecule has 0 spiro atoms. The summed E-state index contributed by atoms with van der Waals surface area (Å²) < 4.78 is 47.2. The summed E-state index contributed by atoms with van der Waals surface area (Å²) in [5, 5.41) is 5.30. The maximum atomic E-state index is 15.2. The van der Waals surface area contributed by atoms with Gasteiger partial charge >= 0.3 is 6.18 Å². The lowest BCUT2D eigenvalue weighted by molar-refractivity contribution is -0.141. The predicted octanol–water partition coefficient (Wildman–Crippen LogP) is 11.4. The first-order valence-electron chi connectivity index (χ1n) is 17.5. The highest BCUT2D eigenvalue weighted by Crippen LogP contribution is 2.45. The predicted molar refractivity (Wildman–Crippen MR) is 205 cm³/mol. The molecular formula is C44H37F3N4S. The van der Waals surface area contributed by atoms with Crippen molar-refractivity contribution >= 4 is 28.4 Å². The van der Waals surface area contributed by atoms with Gasteiger partial charge in [0.2, 0.25) is 0 Å². The number of hydrogen-bond donors (Lipinski definition) is 0. The van der Waals surface area contributed by atoms with Gasteiger partial charge in [-0.2, -0.15) is 18.3 Å². The number of pyridine rings is 1. The summed E-state index contributed by atoms with van der Waals surface area (Å²) in [6.45, 7) is 0.845. The Hall–Kier alpha value is -5.34. The molecule has 52 heavy (non-hydrogen) atoms. The standard InChI is InChI=1S/C44H37F3N4S/c1-52-36-23-20-31(21-24-36)40-19-11-12-28-50(40)41-26-27-48-39-25-22-32(29-37(39)41)38-30-51(49-42(38)44(45,46)47)43(33-13-5-2-6-14-33,34-15-7-3-8-16-34)35-17-9-4-10-18-35/h2-10,13-18,20-27,29-30,40H,11-12,19,28H2,1H3. The molecule has 260 valence electrons. The van der Waals surface area contributed by atoms with E-state index in [1.807, 2.05) is 109 Å². The molecule has 3 heterocycles. The highest BCUT2D eigenvalue weighted by Gasteiger charge is 2.44. The third-order valence-corrected chi connectivity index (χ3v) is 11.0. The second kappa shape index (κ2) is 14.0. The minimum absolute atomic E-state index is 0.0132. The Morgan fingerprint density at radius 1 is 0.712 bits per heavy atom. The van der Waals surface area contributed by atoms with E-state index in [4.69, 9.17) is 0 Å². The van der Waals surface area contributed by atoms with Crippen molar-refractivity contribution in [3.63, 3.8) is 0 Å². The molecule has 7 aromatic rings. The molecular weight excluding hydrogens is 674 g/mol. The third-order valence-electron chi connectivity index (χ3n) is 10.2. The highest BCUT2D eigenvalue weighted by molar-refractivity contribution is 7.98. The van der Waals surface area contributed by atoms with E-state index < -0.39 is 17.4 Å². The maximum absolute atomic E-state index is 15.2. The zero-order valence-electron chi connectivity index (χ0n) is 28.7. The van der Waals surface area contributed by atoms with Gasteiger partial charge in [-0.25, -0.2) is 0 Å². The molecule has 0 aliphatic carbocycles. The second-order valence-corrected chi connectivity index (χ2v) is 14.1. The Morgan fingerprint density at radius 3 is 1.90 bits per heavy atom. The van der Waals surface area contributed by atoms with E-state index in [-0.39, 0.29) is 11.6 Å². The second-order valence-electron chi connectivity index (χ2n) is 13.2. The van der Waals surface area contributed by atoms with Gasteiger partial charge in [0.1, 0.15) is 5.54 Å². The monoisotopic (exact) mass is 710 g/mol. The molecule has 0 saturated carbocycles. The minimum atomic E-state index is -4.72. The molecule has 1 unspecified atom stereocenters. The molecule has 2 aromatic heterocycles. The summed E-state index contributed by atoms with van der Waals surface area (Å²) >= 11 is 1.72. The van der Waals surface area contributed by atoms with Crippen LogP contribution in [0.1, 0.15) is 53.3 Å². The number of aromatic nitrogens is 3. The van der Waals surface area contributed by atoms with Crippen molar-refractivity contribution < 1.29 is 13.2 Å². The van der Waals surface area contributed by atoms with Crippen LogP contribution in [0.2, 0.25) is 0 Å². The van der Waals surface area contributed by atoms with Gasteiger partial charge in [0.15, 0.2) is 5.69 Å². The molecule has 1 fully saturated rings. The molecule has 5 aromatic carbocycles. The highest BCUT2D eigenvalue weighted by atomic mass is 32.2. The van der Waals surface area contributed by atoms with Crippen molar-refractivity contribution in [3.05, 3.63) is 180 Å². The van der Waals surface area contributed by atoms with Gasteiger partial charge in [0, 0.05) is 40.5 Å². The van der Waals surface area contributed by atoms with Gasteiger partial charge in [-0.15, -0.1) is 11.8 Å². The Morgan fingerprint density at radius 2 is 1.33 bits per heavy atom. The fraction of sp³-hybridized carbons (Fsp3) is 0.182. The number of halogens is 3. The fourth-order valence-electron chi connectivity index (χ4n) is 7.84. The summed E-state index contributed by atoms with van der Waals surface area (Å²) in [7, 11) is 0. The molecule has 1 aliphatic rings. The van der Waals surface area contributed by atoms with Crippen molar-refractivity contribution in [2.24, 2.45) is 0 Å². The number of piperidine rings is 1. The van der Waals surface area contributed by atoms with Gasteiger partial charge in [-0.3, -0.25) is 9.67 Å². The third kappa shape index (κ3) is 6.05. The van der Waals surface area contributed by atoms with Gasteiger partial charge < -0.3 is 4.90 Å². The van der Waals surface area contributed by atoms with Gasteiger partial charge in [-0.05, 0) is 83.7 Å². The lowest BCUT2D eigenvalue weighted by Crippen LogP contribution is -2.38. The molecule has 0 N–H and O–H groups in total. The molecule has 4 nitrogen and oxygen atoms in total. The van der Waals surface area contributed by atoms with Crippen LogP contribution in [0.5, 0.6) is 0 Å². The number of alkyl halides is 3. The van der Waals surface area contributed by atoms with Crippen molar-refractivity contribution in [3.8, 4) is 11.1 Å². The van der Waals surface area contributed by atoms with E-state index in [1.54, 1.807) is 30.2 Å². The molecule has 1 atom stereocenters. The largest absolute Gasteiger partial charge is 0.435 e. The van der Waals surface area contributed by atoms with Crippen LogP contribution in [0.3, 0.4) is 0 Å². The summed E-state index contributed by atoms with van der Waals surface area (Å²) in [6.07, 6.45) is 3.87. The average molecular weight is 711 g/mol. The first-order chi connectivity index (χ1) is 25.4. The van der Waals surface area contributed by atoms with Crippen LogP contribution < -0.4 is 4.90 Å². The fourth-order valence-corrected chi connectivity index (χ4v) is 8.25. The zero-order chi connectivity index (χ0) is 35.7. The summed E-state index contributed by atoms with van der Waals surface area (Å²) in [4.78, 5) is 8.27. The maximum Gasteiger partial charge on any atom is 0.435 e. The van der Waals surface area contributed by atoms with Crippen LogP contribution in [-0.2, 0) is 11.7 Å². The first kappa shape index (κ1) is 33.8. The average Bonchev–Trinajstić information content (AvgIpc) is 3.66. The van der Waals surface area contributed by atoms with E-state index in [0.29, 0.717) is 5.56 Å². The summed E-state index contributed by atoms with van der Waals surface area (Å²) in [5.41, 5.74) is 3.63. The molecule has 8 heteroatoms. The molecule has 0 amide bonds. The quantitative estimate of drug-likeness (QED) is 0.116. The number of hydrogen-bond acceptors (Lipinski definition) is 4. The van der Waals surface area contributed by atoms with Crippen molar-refractivity contribution in [1.82, 2.24) is 14.8 Å². The Kier molecular flexibility index (Phi) is 9.09. The molecule has 8 rings (SSSR count). The number of anilines is 1. The first-order valence-corrected chi connectivity index (χ1v) is 18.7.